The summed E-state index contributed by atoms with van der Waals surface area (Å²) in [5.41, 5.74) is 1.22. The average Bonchev–Trinajstić information content (AvgIpc) is 3.15. The van der Waals surface area contributed by atoms with Gasteiger partial charge in [0.15, 0.2) is 9.84 Å². The van der Waals surface area contributed by atoms with E-state index in [4.69, 9.17) is 4.74 Å². The summed E-state index contributed by atoms with van der Waals surface area (Å²) in [4.78, 5) is 14.6. The van der Waals surface area contributed by atoms with Crippen LogP contribution in [0.1, 0.15) is 51.4 Å². The van der Waals surface area contributed by atoms with E-state index in [9.17, 15) is 13.2 Å². The number of hydrogen-bond donors (Lipinski definition) is 0. The van der Waals surface area contributed by atoms with Crippen LogP contribution in [0.4, 0.5) is 0 Å². The van der Waals surface area contributed by atoms with Gasteiger partial charge in [-0.1, -0.05) is 11.6 Å². The highest BCUT2D eigenvalue weighted by atomic mass is 32.2. The second-order valence-corrected chi connectivity index (χ2v) is 9.25. The minimum absolute atomic E-state index is 0.0718. The normalized spacial score (nSPS) is 30.2. The van der Waals surface area contributed by atoms with Gasteiger partial charge in [-0.05, 0) is 44.9 Å². The van der Waals surface area contributed by atoms with Crippen LogP contribution in [0.15, 0.2) is 11.6 Å². The molecule has 6 heteroatoms. The summed E-state index contributed by atoms with van der Waals surface area (Å²) in [6.07, 6.45) is 9.70. The Hall–Kier alpha value is -0.880. The molecule has 0 radical (unpaired) electrons. The number of amides is 1. The van der Waals surface area contributed by atoms with E-state index in [1.54, 1.807) is 0 Å². The number of allylic oxidation sites excluding steroid dienone is 1. The molecule has 130 valence electrons. The SMILES string of the molecule is O=C(CC1=CCCCC1)N(C[C@@H]1CCCO1)[C@H]1CCS(=O)(=O)C1. The Labute approximate surface area is 139 Å². The van der Waals surface area contributed by atoms with Crippen molar-refractivity contribution in [3.8, 4) is 0 Å². The molecule has 0 unspecified atom stereocenters. The summed E-state index contributed by atoms with van der Waals surface area (Å²) in [6, 6.07) is -0.166. The molecule has 2 heterocycles. The molecule has 2 aliphatic heterocycles. The van der Waals surface area contributed by atoms with Crippen LogP contribution in [0.25, 0.3) is 0 Å². The van der Waals surface area contributed by atoms with Gasteiger partial charge in [0.1, 0.15) is 0 Å². The van der Waals surface area contributed by atoms with Gasteiger partial charge in [0.05, 0.1) is 17.6 Å². The van der Waals surface area contributed by atoms with E-state index < -0.39 is 9.84 Å². The molecule has 2 atom stereocenters. The molecule has 1 aliphatic carbocycles. The molecule has 0 spiro atoms. The Balaban J connectivity index is 1.68. The predicted molar refractivity (Wildman–Crippen MR) is 88.9 cm³/mol. The maximum atomic E-state index is 12.8. The summed E-state index contributed by atoms with van der Waals surface area (Å²) < 4.78 is 29.3. The van der Waals surface area contributed by atoms with Crippen molar-refractivity contribution in [3.63, 3.8) is 0 Å². The van der Waals surface area contributed by atoms with E-state index in [-0.39, 0.29) is 29.6 Å². The lowest BCUT2D eigenvalue weighted by atomic mass is 9.96. The zero-order chi connectivity index (χ0) is 16.3. The highest BCUT2D eigenvalue weighted by Crippen LogP contribution is 2.25. The smallest absolute Gasteiger partial charge is 0.227 e. The molecule has 2 saturated heterocycles. The quantitative estimate of drug-likeness (QED) is 0.718. The summed E-state index contributed by atoms with van der Waals surface area (Å²) in [7, 11) is -2.99. The van der Waals surface area contributed by atoms with Crippen LogP contribution < -0.4 is 0 Å². The molecule has 0 aromatic carbocycles. The Kier molecular flexibility index (Phi) is 5.42. The summed E-state index contributed by atoms with van der Waals surface area (Å²) in [5.74, 6) is 0.399. The highest BCUT2D eigenvalue weighted by molar-refractivity contribution is 7.91. The molecule has 23 heavy (non-hydrogen) atoms. The monoisotopic (exact) mass is 341 g/mol. The minimum atomic E-state index is -2.99. The van der Waals surface area contributed by atoms with Crippen LogP contribution in [0.3, 0.4) is 0 Å². The molecule has 0 aromatic rings. The fourth-order valence-electron chi connectivity index (χ4n) is 3.84. The number of carbonyl (C=O) groups excluding carboxylic acids is 1. The van der Waals surface area contributed by atoms with Crippen LogP contribution in [-0.4, -0.2) is 56.0 Å². The van der Waals surface area contributed by atoms with Crippen molar-refractivity contribution in [2.75, 3.05) is 24.7 Å². The van der Waals surface area contributed by atoms with Crippen LogP contribution >= 0.6 is 0 Å². The third-order valence-corrected chi connectivity index (χ3v) is 6.91. The number of hydrogen-bond acceptors (Lipinski definition) is 4. The summed E-state index contributed by atoms with van der Waals surface area (Å²) >= 11 is 0. The maximum absolute atomic E-state index is 12.8. The van der Waals surface area contributed by atoms with Gasteiger partial charge < -0.3 is 9.64 Å². The van der Waals surface area contributed by atoms with Gasteiger partial charge in [-0.25, -0.2) is 8.42 Å². The van der Waals surface area contributed by atoms with Crippen molar-refractivity contribution in [3.05, 3.63) is 11.6 Å². The fourth-order valence-corrected chi connectivity index (χ4v) is 5.58. The summed E-state index contributed by atoms with van der Waals surface area (Å²) in [6.45, 7) is 1.30. The topological polar surface area (TPSA) is 63.7 Å². The molecule has 2 fully saturated rings. The first-order valence-corrected chi connectivity index (χ1v) is 10.6. The number of nitrogens with zero attached hydrogens (tertiary/aromatic N) is 1. The van der Waals surface area contributed by atoms with Gasteiger partial charge >= 0.3 is 0 Å². The van der Waals surface area contributed by atoms with Crippen molar-refractivity contribution >= 4 is 15.7 Å². The van der Waals surface area contributed by atoms with Crippen LogP contribution in [0, 0.1) is 0 Å². The largest absolute Gasteiger partial charge is 0.376 e. The van der Waals surface area contributed by atoms with Gasteiger partial charge in [0, 0.05) is 25.6 Å². The van der Waals surface area contributed by atoms with Gasteiger partial charge in [-0.3, -0.25) is 4.79 Å². The van der Waals surface area contributed by atoms with Crippen molar-refractivity contribution < 1.29 is 17.9 Å². The van der Waals surface area contributed by atoms with Gasteiger partial charge in [0.2, 0.25) is 5.91 Å². The first-order valence-electron chi connectivity index (χ1n) is 8.83. The lowest BCUT2D eigenvalue weighted by Crippen LogP contribution is -2.45. The Morgan fingerprint density at radius 1 is 1.26 bits per heavy atom. The Morgan fingerprint density at radius 3 is 2.74 bits per heavy atom. The van der Waals surface area contributed by atoms with Crippen LogP contribution in [0.5, 0.6) is 0 Å². The van der Waals surface area contributed by atoms with E-state index in [0.717, 1.165) is 38.7 Å². The second-order valence-electron chi connectivity index (χ2n) is 7.02. The van der Waals surface area contributed by atoms with Crippen molar-refractivity contribution in [2.24, 2.45) is 0 Å². The number of sulfone groups is 1. The molecule has 1 amide bonds. The fraction of sp³-hybridized carbons (Fsp3) is 0.824. The first kappa shape index (κ1) is 17.0. The Bertz CT molecular complexity index is 563. The predicted octanol–water partition coefficient (Wildman–Crippen LogP) is 2.07. The molecule has 0 bridgehead atoms. The molecule has 0 saturated carbocycles. The van der Waals surface area contributed by atoms with Crippen molar-refractivity contribution in [1.82, 2.24) is 4.90 Å². The van der Waals surface area contributed by atoms with Crippen LogP contribution in [-0.2, 0) is 19.4 Å². The average molecular weight is 341 g/mol. The molecule has 5 nitrogen and oxygen atoms in total. The molecule has 0 aromatic heterocycles. The molecule has 3 aliphatic rings. The lowest BCUT2D eigenvalue weighted by Gasteiger charge is -2.31. The number of carbonyl (C=O) groups is 1. The third-order valence-electron chi connectivity index (χ3n) is 5.16. The van der Waals surface area contributed by atoms with Gasteiger partial charge in [-0.15, -0.1) is 0 Å². The van der Waals surface area contributed by atoms with Crippen molar-refractivity contribution in [1.29, 1.82) is 0 Å². The lowest BCUT2D eigenvalue weighted by molar-refractivity contribution is -0.134. The Morgan fingerprint density at radius 2 is 2.13 bits per heavy atom. The molecule has 3 rings (SSSR count). The minimum Gasteiger partial charge on any atom is -0.376 e. The van der Waals surface area contributed by atoms with E-state index in [1.165, 1.54) is 12.0 Å². The molecular weight excluding hydrogens is 314 g/mol. The number of rotatable bonds is 5. The van der Waals surface area contributed by atoms with E-state index in [1.807, 2.05) is 4.90 Å². The van der Waals surface area contributed by atoms with Gasteiger partial charge in [-0.2, -0.15) is 0 Å². The van der Waals surface area contributed by atoms with E-state index >= 15 is 0 Å². The van der Waals surface area contributed by atoms with Crippen molar-refractivity contribution in [2.45, 2.75) is 63.5 Å². The molecular formula is C17H27NO4S. The van der Waals surface area contributed by atoms with Crippen LogP contribution in [0.2, 0.25) is 0 Å². The second kappa shape index (κ2) is 7.34. The zero-order valence-electron chi connectivity index (χ0n) is 13.7. The third kappa shape index (κ3) is 4.57. The van der Waals surface area contributed by atoms with E-state index in [0.29, 0.717) is 19.4 Å². The van der Waals surface area contributed by atoms with Gasteiger partial charge in [0.25, 0.3) is 0 Å². The number of ether oxygens (including phenoxy) is 1. The highest BCUT2D eigenvalue weighted by Gasteiger charge is 2.36. The first-order chi connectivity index (χ1) is 11.0. The molecule has 0 N–H and O–H groups in total. The zero-order valence-corrected chi connectivity index (χ0v) is 14.5. The van der Waals surface area contributed by atoms with E-state index in [2.05, 4.69) is 6.08 Å². The summed E-state index contributed by atoms with van der Waals surface area (Å²) in [5, 5.41) is 0. The maximum Gasteiger partial charge on any atom is 0.227 e. The standard InChI is InChI=1S/C17H27NO4S/c19-17(11-14-5-2-1-3-6-14)18(12-16-7-4-9-22-16)15-8-10-23(20,21)13-15/h5,15-16H,1-4,6-13H2/t15-,16-/m0/s1.